The highest BCUT2D eigenvalue weighted by Crippen LogP contribution is 2.36. The number of hydrogen-bond acceptors (Lipinski definition) is 4. The molecular weight excluding hydrogens is 352 g/mol. The first-order chi connectivity index (χ1) is 8.99. The smallest absolute Gasteiger partial charge is 0.241 e. The first kappa shape index (κ1) is 16.6. The van der Waals surface area contributed by atoms with E-state index in [0.717, 1.165) is 5.75 Å². The Balaban J connectivity index is 2.84. The summed E-state index contributed by atoms with van der Waals surface area (Å²) >= 11 is 10.9. The largest absolute Gasteiger partial charge is 0.493 e. The third-order valence-corrected chi connectivity index (χ3v) is 3.89. The molecule has 19 heavy (non-hydrogen) atoms. The summed E-state index contributed by atoms with van der Waals surface area (Å²) < 4.78 is 5.90. The monoisotopic (exact) mass is 366 g/mol. The van der Waals surface area contributed by atoms with Crippen molar-refractivity contribution < 1.29 is 9.53 Å². The maximum Gasteiger partial charge on any atom is 0.241 e. The van der Waals surface area contributed by atoms with Crippen molar-refractivity contribution in [1.29, 1.82) is 0 Å². The van der Waals surface area contributed by atoms with Crippen molar-refractivity contribution in [1.82, 2.24) is 0 Å². The molecule has 1 aromatic rings. The van der Waals surface area contributed by atoms with E-state index in [-0.39, 0.29) is 5.91 Å². The topological polar surface area (TPSA) is 64.3 Å². The predicted molar refractivity (Wildman–Crippen MR) is 85.3 cm³/mol. The number of ether oxygens (including phenoxy) is 1. The van der Waals surface area contributed by atoms with Crippen LogP contribution in [0.1, 0.15) is 6.42 Å². The molecule has 0 aliphatic carbocycles. The second kappa shape index (κ2) is 7.99. The molecule has 0 spiro atoms. The number of amides is 1. The zero-order valence-electron chi connectivity index (χ0n) is 10.7. The van der Waals surface area contributed by atoms with E-state index in [1.54, 1.807) is 23.9 Å². The van der Waals surface area contributed by atoms with Gasteiger partial charge in [0.25, 0.3) is 0 Å². The summed E-state index contributed by atoms with van der Waals surface area (Å²) in [5.41, 5.74) is 6.31. The van der Waals surface area contributed by atoms with Gasteiger partial charge in [0.1, 0.15) is 0 Å². The van der Waals surface area contributed by atoms with Crippen LogP contribution in [0.3, 0.4) is 0 Å². The fraction of sp³-hybridized carbons (Fsp3) is 0.417. The summed E-state index contributed by atoms with van der Waals surface area (Å²) in [6.45, 7) is 0. The lowest BCUT2D eigenvalue weighted by Crippen LogP contribution is -2.36. The molecule has 0 saturated carbocycles. The van der Waals surface area contributed by atoms with Gasteiger partial charge in [0.05, 0.1) is 23.3 Å². The minimum Gasteiger partial charge on any atom is -0.493 e. The molecule has 0 saturated heterocycles. The number of thioether (sulfide) groups is 1. The molecule has 0 fully saturated rings. The normalized spacial score (nSPS) is 12.1. The molecule has 106 valence electrons. The summed E-state index contributed by atoms with van der Waals surface area (Å²) in [7, 11) is 1.53. The third kappa shape index (κ3) is 4.87. The van der Waals surface area contributed by atoms with Gasteiger partial charge in [0.2, 0.25) is 5.91 Å². The predicted octanol–water partition coefficient (Wildman–Crippen LogP) is 3.13. The highest BCUT2D eigenvalue weighted by molar-refractivity contribution is 9.10. The summed E-state index contributed by atoms with van der Waals surface area (Å²) in [4.78, 5) is 11.9. The van der Waals surface area contributed by atoms with E-state index in [4.69, 9.17) is 22.1 Å². The Morgan fingerprint density at radius 3 is 2.89 bits per heavy atom. The first-order valence-corrected chi connectivity index (χ1v) is 8.14. The van der Waals surface area contributed by atoms with Gasteiger partial charge in [-0.2, -0.15) is 11.8 Å². The number of halogens is 2. The lowest BCUT2D eigenvalue weighted by atomic mass is 10.2. The van der Waals surface area contributed by atoms with Crippen molar-refractivity contribution in [2.45, 2.75) is 12.5 Å². The fourth-order valence-electron chi connectivity index (χ4n) is 1.46. The Morgan fingerprint density at radius 2 is 2.32 bits per heavy atom. The van der Waals surface area contributed by atoms with Gasteiger partial charge in [-0.15, -0.1) is 0 Å². The summed E-state index contributed by atoms with van der Waals surface area (Å²) in [5, 5.41) is 3.24. The van der Waals surface area contributed by atoms with Crippen LogP contribution >= 0.6 is 39.3 Å². The zero-order chi connectivity index (χ0) is 14.4. The number of anilines is 1. The van der Waals surface area contributed by atoms with Crippen LogP contribution in [0.2, 0.25) is 5.02 Å². The molecule has 0 unspecified atom stereocenters. The van der Waals surface area contributed by atoms with Crippen LogP contribution in [0.25, 0.3) is 0 Å². The number of nitrogens with two attached hydrogens (primary N) is 1. The lowest BCUT2D eigenvalue weighted by Gasteiger charge is -2.15. The van der Waals surface area contributed by atoms with Gasteiger partial charge >= 0.3 is 0 Å². The SMILES string of the molecule is COc1c(Br)cc(Cl)cc1NC(=O)[C@H](N)CCSC. The summed E-state index contributed by atoms with van der Waals surface area (Å²) in [6, 6.07) is 2.78. The second-order valence-corrected chi connectivity index (χ2v) is 6.12. The number of carbonyl (C=O) groups is 1. The molecule has 0 aliphatic rings. The average Bonchev–Trinajstić information content (AvgIpc) is 2.35. The van der Waals surface area contributed by atoms with E-state index in [1.165, 1.54) is 7.11 Å². The Morgan fingerprint density at radius 1 is 1.63 bits per heavy atom. The van der Waals surface area contributed by atoms with Crippen molar-refractivity contribution in [3.05, 3.63) is 21.6 Å². The Bertz CT molecular complexity index is 460. The van der Waals surface area contributed by atoms with Crippen molar-refractivity contribution in [3.8, 4) is 5.75 Å². The highest BCUT2D eigenvalue weighted by Gasteiger charge is 2.17. The Hall–Kier alpha value is -0.430. The van der Waals surface area contributed by atoms with Crippen molar-refractivity contribution in [2.75, 3.05) is 24.4 Å². The number of hydrogen-bond donors (Lipinski definition) is 2. The van der Waals surface area contributed by atoms with E-state index in [2.05, 4.69) is 21.2 Å². The molecule has 3 N–H and O–H groups in total. The van der Waals surface area contributed by atoms with E-state index in [9.17, 15) is 4.79 Å². The van der Waals surface area contributed by atoms with Crippen molar-refractivity contribution in [2.24, 2.45) is 5.73 Å². The molecule has 4 nitrogen and oxygen atoms in total. The maximum absolute atomic E-state index is 11.9. The Kier molecular flexibility index (Phi) is 6.99. The van der Waals surface area contributed by atoms with Crippen LogP contribution in [-0.4, -0.2) is 31.1 Å². The molecule has 1 amide bonds. The summed E-state index contributed by atoms with van der Waals surface area (Å²) in [5.74, 6) is 1.11. The van der Waals surface area contributed by atoms with Gasteiger partial charge in [-0.05, 0) is 46.5 Å². The molecule has 0 heterocycles. The third-order valence-electron chi connectivity index (χ3n) is 2.44. The molecule has 0 radical (unpaired) electrons. The number of rotatable bonds is 6. The summed E-state index contributed by atoms with van der Waals surface area (Å²) in [6.07, 6.45) is 2.60. The Labute approximate surface area is 130 Å². The van der Waals surface area contributed by atoms with Gasteiger partial charge < -0.3 is 15.8 Å². The van der Waals surface area contributed by atoms with Gasteiger partial charge in [-0.1, -0.05) is 11.6 Å². The second-order valence-electron chi connectivity index (χ2n) is 3.85. The van der Waals surface area contributed by atoms with Crippen molar-refractivity contribution >= 4 is 50.9 Å². The van der Waals surface area contributed by atoms with Crippen LogP contribution in [-0.2, 0) is 4.79 Å². The first-order valence-electron chi connectivity index (χ1n) is 5.58. The molecule has 1 rings (SSSR count). The van der Waals surface area contributed by atoms with Crippen LogP contribution in [0.4, 0.5) is 5.69 Å². The van der Waals surface area contributed by atoms with Crippen LogP contribution in [0.15, 0.2) is 16.6 Å². The molecule has 0 aromatic heterocycles. The average molecular weight is 368 g/mol. The minimum absolute atomic E-state index is 0.249. The fourth-order valence-corrected chi connectivity index (χ4v) is 2.92. The number of carbonyl (C=O) groups excluding carboxylic acids is 1. The minimum atomic E-state index is -0.546. The van der Waals surface area contributed by atoms with Crippen LogP contribution < -0.4 is 15.8 Å². The standard InChI is InChI=1S/C12H16BrClN2O2S/c1-18-11-8(13)5-7(14)6-10(11)16-12(17)9(15)3-4-19-2/h5-6,9H,3-4,15H2,1-2H3,(H,16,17)/t9-/m1/s1. The number of nitrogens with one attached hydrogen (secondary N) is 1. The molecule has 0 bridgehead atoms. The van der Waals surface area contributed by atoms with Crippen LogP contribution in [0.5, 0.6) is 5.75 Å². The van der Waals surface area contributed by atoms with Gasteiger partial charge in [-0.3, -0.25) is 4.79 Å². The maximum atomic E-state index is 11.9. The quantitative estimate of drug-likeness (QED) is 0.811. The van der Waals surface area contributed by atoms with Crippen molar-refractivity contribution in [3.63, 3.8) is 0 Å². The van der Waals surface area contributed by atoms with E-state index < -0.39 is 6.04 Å². The number of benzene rings is 1. The zero-order valence-corrected chi connectivity index (χ0v) is 13.9. The highest BCUT2D eigenvalue weighted by atomic mass is 79.9. The molecule has 1 atom stereocenters. The molecule has 7 heteroatoms. The number of methoxy groups -OCH3 is 1. The van der Waals surface area contributed by atoms with Gasteiger partial charge in [-0.25, -0.2) is 0 Å². The van der Waals surface area contributed by atoms with E-state index >= 15 is 0 Å². The van der Waals surface area contributed by atoms with Gasteiger partial charge in [0, 0.05) is 5.02 Å². The molecular formula is C12H16BrClN2O2S. The van der Waals surface area contributed by atoms with Crippen LogP contribution in [0, 0.1) is 0 Å². The molecule has 1 aromatic carbocycles. The molecule has 0 aliphatic heterocycles. The van der Waals surface area contributed by atoms with E-state index in [0.29, 0.717) is 27.4 Å². The lowest BCUT2D eigenvalue weighted by molar-refractivity contribution is -0.117. The van der Waals surface area contributed by atoms with E-state index in [1.807, 2.05) is 6.26 Å². The van der Waals surface area contributed by atoms with Gasteiger partial charge in [0.15, 0.2) is 5.75 Å².